The Morgan fingerprint density at radius 1 is 1.19 bits per heavy atom. The summed E-state index contributed by atoms with van der Waals surface area (Å²) >= 11 is 6.17. The van der Waals surface area contributed by atoms with Crippen molar-refractivity contribution in [2.45, 2.75) is 51.6 Å². The van der Waals surface area contributed by atoms with Crippen LogP contribution < -0.4 is 9.47 Å². The summed E-state index contributed by atoms with van der Waals surface area (Å²) < 4.78 is 12.0. The Balaban J connectivity index is 1.30. The van der Waals surface area contributed by atoms with Crippen LogP contribution in [0.1, 0.15) is 54.1 Å². The summed E-state index contributed by atoms with van der Waals surface area (Å²) in [5.74, 6) is 1.53. The lowest BCUT2D eigenvalue weighted by Gasteiger charge is -2.44. The quantitative estimate of drug-likeness (QED) is 0.654. The van der Waals surface area contributed by atoms with Gasteiger partial charge in [0.25, 0.3) is 0 Å². The topological polar surface area (TPSA) is 55.8 Å². The number of benzene rings is 2. The molecule has 4 rings (SSSR count). The zero-order valence-electron chi connectivity index (χ0n) is 18.1. The van der Waals surface area contributed by atoms with Crippen molar-refractivity contribution in [3.05, 3.63) is 58.1 Å². The van der Waals surface area contributed by atoms with Crippen LogP contribution in [0.2, 0.25) is 5.02 Å². The summed E-state index contributed by atoms with van der Waals surface area (Å²) in [6.07, 6.45) is 2.94. The molecule has 0 unspecified atom stereocenters. The number of hydrogen-bond donors (Lipinski definition) is 0. The van der Waals surface area contributed by atoms with E-state index in [1.54, 1.807) is 6.07 Å². The van der Waals surface area contributed by atoms with E-state index in [-0.39, 0.29) is 11.7 Å². The van der Waals surface area contributed by atoms with Crippen molar-refractivity contribution in [1.29, 1.82) is 0 Å². The molecule has 0 saturated carbocycles. The molecule has 0 aromatic heterocycles. The zero-order valence-corrected chi connectivity index (χ0v) is 18.8. The van der Waals surface area contributed by atoms with Gasteiger partial charge in [0.05, 0.1) is 25.0 Å². The van der Waals surface area contributed by atoms with Gasteiger partial charge in [0.15, 0.2) is 5.78 Å². The number of ether oxygens (including phenoxy) is 2. The average Bonchev–Trinajstić information content (AvgIpc) is 2.76. The van der Waals surface area contributed by atoms with Crippen LogP contribution in [-0.4, -0.2) is 41.9 Å². The third-order valence-electron chi connectivity index (χ3n) is 6.31. The van der Waals surface area contributed by atoms with E-state index in [0.717, 1.165) is 17.7 Å². The molecule has 1 fully saturated rings. The lowest BCUT2D eigenvalue weighted by molar-refractivity contribution is -0.135. The Kier molecular flexibility index (Phi) is 6.24. The van der Waals surface area contributed by atoms with Crippen molar-refractivity contribution in [2.24, 2.45) is 0 Å². The number of fused-ring (bicyclic) bond motifs is 1. The Morgan fingerprint density at radius 3 is 2.58 bits per heavy atom. The molecule has 1 spiro atoms. The van der Waals surface area contributed by atoms with Crippen LogP contribution >= 0.6 is 11.6 Å². The van der Waals surface area contributed by atoms with E-state index >= 15 is 0 Å². The first-order valence-corrected chi connectivity index (χ1v) is 11.3. The monoisotopic (exact) mass is 441 g/mol. The lowest BCUT2D eigenvalue weighted by atomic mass is 9.82. The summed E-state index contributed by atoms with van der Waals surface area (Å²) in [6.45, 7) is 5.53. The largest absolute Gasteiger partial charge is 0.493 e. The lowest BCUT2D eigenvalue weighted by Crippen LogP contribution is -2.52. The number of ketones is 1. The molecule has 2 aromatic carbocycles. The fourth-order valence-corrected chi connectivity index (χ4v) is 4.46. The number of rotatable bonds is 5. The molecule has 1 amide bonds. The third kappa shape index (κ3) is 4.72. The van der Waals surface area contributed by atoms with Crippen molar-refractivity contribution in [3.63, 3.8) is 0 Å². The maximum Gasteiger partial charge on any atom is 0.226 e. The van der Waals surface area contributed by atoms with Crippen LogP contribution in [0.15, 0.2) is 36.4 Å². The predicted octanol–water partition coefficient (Wildman–Crippen LogP) is 5.01. The van der Waals surface area contributed by atoms with Gasteiger partial charge in [-0.3, -0.25) is 9.59 Å². The highest BCUT2D eigenvalue weighted by molar-refractivity contribution is 6.31. The minimum atomic E-state index is -0.529. The van der Waals surface area contributed by atoms with Crippen LogP contribution in [-0.2, 0) is 11.2 Å². The van der Waals surface area contributed by atoms with E-state index in [2.05, 4.69) is 6.92 Å². The van der Waals surface area contributed by atoms with Crippen LogP contribution in [0.5, 0.6) is 11.5 Å². The molecule has 0 aliphatic carbocycles. The van der Waals surface area contributed by atoms with Gasteiger partial charge in [-0.15, -0.1) is 0 Å². The number of carbonyl (C=O) groups excluding carboxylic acids is 2. The van der Waals surface area contributed by atoms with Crippen molar-refractivity contribution in [3.8, 4) is 11.5 Å². The van der Waals surface area contributed by atoms with Gasteiger partial charge in [-0.2, -0.15) is 0 Å². The molecule has 2 aromatic rings. The molecule has 2 aliphatic rings. The summed E-state index contributed by atoms with van der Waals surface area (Å²) in [4.78, 5) is 27.2. The minimum absolute atomic E-state index is 0.0606. The zero-order chi connectivity index (χ0) is 22.0. The number of piperidine rings is 1. The molecule has 164 valence electrons. The number of Topliss-reactive ketones (excluding diaryl/α,β-unsaturated/α-hetero) is 1. The minimum Gasteiger partial charge on any atom is -0.493 e. The van der Waals surface area contributed by atoms with Gasteiger partial charge in [0, 0.05) is 31.0 Å². The molecule has 5 nitrogen and oxygen atoms in total. The molecule has 0 N–H and O–H groups in total. The van der Waals surface area contributed by atoms with Gasteiger partial charge in [-0.25, -0.2) is 0 Å². The molecule has 0 atom stereocenters. The van der Waals surface area contributed by atoms with Gasteiger partial charge in [0.1, 0.15) is 17.1 Å². The third-order valence-corrected chi connectivity index (χ3v) is 6.72. The second kappa shape index (κ2) is 8.91. The first kappa shape index (κ1) is 21.7. The smallest absolute Gasteiger partial charge is 0.226 e. The second-order valence-electron chi connectivity index (χ2n) is 8.46. The van der Waals surface area contributed by atoms with Crippen LogP contribution in [0, 0.1) is 6.92 Å². The average molecular weight is 442 g/mol. The SMILES string of the molecule is CCc1ccc(OCCC(=O)N2CCC3(CC2)CC(=O)c2cc(Cl)c(C)cc2O3)cc1. The van der Waals surface area contributed by atoms with Gasteiger partial charge in [-0.05, 0) is 48.7 Å². The number of amides is 1. The van der Waals surface area contributed by atoms with Gasteiger partial charge < -0.3 is 14.4 Å². The van der Waals surface area contributed by atoms with Crippen LogP contribution in [0.4, 0.5) is 0 Å². The molecule has 1 saturated heterocycles. The van der Waals surface area contributed by atoms with E-state index in [9.17, 15) is 9.59 Å². The maximum atomic E-state index is 12.7. The number of halogens is 1. The fourth-order valence-electron chi connectivity index (χ4n) is 4.29. The summed E-state index contributed by atoms with van der Waals surface area (Å²) in [6, 6.07) is 11.5. The van der Waals surface area contributed by atoms with E-state index in [0.29, 0.717) is 61.7 Å². The standard InChI is InChI=1S/C25H28ClNO4/c1-3-18-4-6-19(7-5-18)30-13-8-24(29)27-11-9-25(10-12-27)16-22(28)20-15-21(26)17(2)14-23(20)31-25/h4-7,14-15H,3,8-13,16H2,1-2H3. The molecule has 2 heterocycles. The molecular weight excluding hydrogens is 414 g/mol. The normalized spacial score (nSPS) is 17.3. The highest BCUT2D eigenvalue weighted by Gasteiger charge is 2.43. The van der Waals surface area contributed by atoms with Crippen molar-refractivity contribution >= 4 is 23.3 Å². The Bertz CT molecular complexity index is 978. The summed E-state index contributed by atoms with van der Waals surface area (Å²) in [5.41, 5.74) is 2.18. The maximum absolute atomic E-state index is 12.7. The molecule has 0 radical (unpaired) electrons. The van der Waals surface area contributed by atoms with Gasteiger partial charge in [0.2, 0.25) is 5.91 Å². The van der Waals surface area contributed by atoms with Crippen LogP contribution in [0.3, 0.4) is 0 Å². The van der Waals surface area contributed by atoms with Gasteiger partial charge in [-0.1, -0.05) is 30.7 Å². The van der Waals surface area contributed by atoms with Crippen molar-refractivity contribution < 1.29 is 19.1 Å². The second-order valence-corrected chi connectivity index (χ2v) is 8.87. The fraction of sp³-hybridized carbons (Fsp3) is 0.440. The Labute approximate surface area is 188 Å². The number of nitrogens with zero attached hydrogens (tertiary/aromatic N) is 1. The summed E-state index contributed by atoms with van der Waals surface area (Å²) in [5, 5.41) is 0.579. The Morgan fingerprint density at radius 2 is 1.90 bits per heavy atom. The number of hydrogen-bond acceptors (Lipinski definition) is 4. The molecule has 6 heteroatoms. The number of likely N-dealkylation sites (tertiary alicyclic amines) is 1. The van der Waals surface area contributed by atoms with E-state index in [4.69, 9.17) is 21.1 Å². The van der Waals surface area contributed by atoms with E-state index in [1.165, 1.54) is 5.56 Å². The first-order valence-electron chi connectivity index (χ1n) is 10.9. The van der Waals surface area contributed by atoms with Crippen molar-refractivity contribution in [2.75, 3.05) is 19.7 Å². The highest BCUT2D eigenvalue weighted by Crippen LogP contribution is 2.41. The number of aryl methyl sites for hydroxylation is 2. The van der Waals surface area contributed by atoms with E-state index in [1.807, 2.05) is 42.2 Å². The predicted molar refractivity (Wildman–Crippen MR) is 120 cm³/mol. The first-order chi connectivity index (χ1) is 14.9. The van der Waals surface area contributed by atoms with Crippen LogP contribution in [0.25, 0.3) is 0 Å². The van der Waals surface area contributed by atoms with E-state index < -0.39 is 5.60 Å². The number of carbonyl (C=O) groups is 2. The molecular formula is C25H28ClNO4. The van der Waals surface area contributed by atoms with Gasteiger partial charge >= 0.3 is 0 Å². The Hall–Kier alpha value is -2.53. The van der Waals surface area contributed by atoms with Crippen molar-refractivity contribution in [1.82, 2.24) is 4.90 Å². The summed E-state index contributed by atoms with van der Waals surface area (Å²) in [7, 11) is 0. The molecule has 31 heavy (non-hydrogen) atoms. The molecule has 2 aliphatic heterocycles. The molecule has 0 bridgehead atoms. The highest BCUT2D eigenvalue weighted by atomic mass is 35.5.